The molecule has 0 aromatic carbocycles. The van der Waals surface area contributed by atoms with Gasteiger partial charge < -0.3 is 10.2 Å². The molecule has 1 fully saturated rings. The van der Waals surface area contributed by atoms with Gasteiger partial charge in [0.05, 0.1) is 0 Å². The molecular weight excluding hydrogens is 228 g/mol. The SMILES string of the molecule is C#CCCCN1C(=O)C(C)(C)NC(=O)C1C(C)C. The molecule has 1 unspecified atom stereocenters. The molecule has 0 saturated carbocycles. The molecule has 1 rings (SSSR count). The zero-order valence-corrected chi connectivity index (χ0v) is 11.6. The Labute approximate surface area is 109 Å². The molecule has 1 atom stereocenters. The summed E-state index contributed by atoms with van der Waals surface area (Å²) < 4.78 is 0. The van der Waals surface area contributed by atoms with Gasteiger partial charge in [0.2, 0.25) is 11.8 Å². The zero-order valence-electron chi connectivity index (χ0n) is 11.6. The molecule has 4 heteroatoms. The summed E-state index contributed by atoms with van der Waals surface area (Å²) in [5.41, 5.74) is -0.821. The van der Waals surface area contributed by atoms with E-state index in [0.717, 1.165) is 6.42 Å². The first-order chi connectivity index (χ1) is 8.31. The van der Waals surface area contributed by atoms with Crippen molar-refractivity contribution in [2.45, 2.75) is 52.1 Å². The molecule has 0 spiro atoms. The largest absolute Gasteiger partial charge is 0.340 e. The van der Waals surface area contributed by atoms with E-state index in [1.165, 1.54) is 0 Å². The summed E-state index contributed by atoms with van der Waals surface area (Å²) in [5.74, 6) is 2.55. The zero-order chi connectivity index (χ0) is 13.9. The molecule has 1 saturated heterocycles. The quantitative estimate of drug-likeness (QED) is 0.601. The lowest BCUT2D eigenvalue weighted by Crippen LogP contribution is -2.69. The van der Waals surface area contributed by atoms with Gasteiger partial charge in [-0.15, -0.1) is 12.3 Å². The van der Waals surface area contributed by atoms with E-state index >= 15 is 0 Å². The molecule has 0 bridgehead atoms. The van der Waals surface area contributed by atoms with Gasteiger partial charge in [-0.1, -0.05) is 13.8 Å². The van der Waals surface area contributed by atoms with E-state index in [1.54, 1.807) is 18.7 Å². The maximum absolute atomic E-state index is 12.4. The van der Waals surface area contributed by atoms with Crippen LogP contribution in [-0.2, 0) is 9.59 Å². The molecule has 1 aliphatic heterocycles. The average molecular weight is 250 g/mol. The van der Waals surface area contributed by atoms with Crippen LogP contribution in [0.3, 0.4) is 0 Å². The summed E-state index contributed by atoms with van der Waals surface area (Å²) in [7, 11) is 0. The second-order valence-electron chi connectivity index (χ2n) is 5.61. The Morgan fingerprint density at radius 1 is 1.44 bits per heavy atom. The molecule has 0 aliphatic carbocycles. The molecule has 1 aliphatic rings. The molecule has 0 radical (unpaired) electrons. The standard InChI is InChI=1S/C14H22N2O2/c1-6-7-8-9-16-11(10(2)3)12(17)15-14(4,5)13(16)18/h1,10-11H,7-9H2,2-5H3,(H,15,17). The van der Waals surface area contributed by atoms with E-state index < -0.39 is 5.54 Å². The Bertz CT molecular complexity index is 380. The molecule has 100 valence electrons. The van der Waals surface area contributed by atoms with Gasteiger partial charge >= 0.3 is 0 Å². The highest BCUT2D eigenvalue weighted by Crippen LogP contribution is 2.23. The van der Waals surface area contributed by atoms with E-state index in [4.69, 9.17) is 6.42 Å². The van der Waals surface area contributed by atoms with Crippen LogP contribution in [0.5, 0.6) is 0 Å². The number of carbonyl (C=O) groups excluding carboxylic acids is 2. The fraction of sp³-hybridized carbons (Fsp3) is 0.714. The minimum atomic E-state index is -0.821. The number of unbranched alkanes of at least 4 members (excludes halogenated alkanes) is 1. The highest BCUT2D eigenvalue weighted by Gasteiger charge is 2.45. The Kier molecular flexibility index (Phi) is 4.39. The van der Waals surface area contributed by atoms with Crippen LogP contribution in [0.15, 0.2) is 0 Å². The van der Waals surface area contributed by atoms with Crippen molar-refractivity contribution in [3.05, 3.63) is 0 Å². The van der Waals surface area contributed by atoms with Gasteiger partial charge in [0, 0.05) is 13.0 Å². The number of amides is 2. The Morgan fingerprint density at radius 3 is 2.56 bits per heavy atom. The molecule has 1 heterocycles. The second-order valence-corrected chi connectivity index (χ2v) is 5.61. The Balaban J connectivity index is 2.92. The lowest BCUT2D eigenvalue weighted by molar-refractivity contribution is -0.155. The summed E-state index contributed by atoms with van der Waals surface area (Å²) in [6.07, 6.45) is 6.57. The van der Waals surface area contributed by atoms with Crippen LogP contribution in [0.25, 0.3) is 0 Å². The van der Waals surface area contributed by atoms with E-state index in [2.05, 4.69) is 11.2 Å². The normalized spacial score (nSPS) is 22.9. The molecule has 1 N–H and O–H groups in total. The number of rotatable bonds is 4. The molecular formula is C14H22N2O2. The first-order valence-electron chi connectivity index (χ1n) is 6.38. The smallest absolute Gasteiger partial charge is 0.248 e. The second kappa shape index (κ2) is 5.43. The van der Waals surface area contributed by atoms with Gasteiger partial charge in [-0.25, -0.2) is 0 Å². The van der Waals surface area contributed by atoms with Gasteiger partial charge in [-0.3, -0.25) is 9.59 Å². The predicted octanol–water partition coefficient (Wildman–Crippen LogP) is 1.16. The number of terminal acetylenes is 1. The third kappa shape index (κ3) is 2.84. The van der Waals surface area contributed by atoms with Crippen molar-refractivity contribution in [3.63, 3.8) is 0 Å². The van der Waals surface area contributed by atoms with Crippen molar-refractivity contribution < 1.29 is 9.59 Å². The minimum Gasteiger partial charge on any atom is -0.340 e. The van der Waals surface area contributed by atoms with Crippen molar-refractivity contribution in [1.29, 1.82) is 0 Å². The maximum atomic E-state index is 12.4. The van der Waals surface area contributed by atoms with E-state index in [9.17, 15) is 9.59 Å². The Morgan fingerprint density at radius 2 is 2.06 bits per heavy atom. The Hall–Kier alpha value is -1.50. The van der Waals surface area contributed by atoms with Crippen molar-refractivity contribution in [1.82, 2.24) is 10.2 Å². The van der Waals surface area contributed by atoms with Gasteiger partial charge in [0.25, 0.3) is 0 Å². The first-order valence-corrected chi connectivity index (χ1v) is 6.38. The van der Waals surface area contributed by atoms with Crippen LogP contribution in [0.2, 0.25) is 0 Å². The molecule has 0 aromatic heterocycles. The van der Waals surface area contributed by atoms with Crippen LogP contribution < -0.4 is 5.32 Å². The number of carbonyl (C=O) groups is 2. The topological polar surface area (TPSA) is 49.4 Å². The monoisotopic (exact) mass is 250 g/mol. The lowest BCUT2D eigenvalue weighted by Gasteiger charge is -2.44. The minimum absolute atomic E-state index is 0.0298. The third-order valence-corrected chi connectivity index (χ3v) is 3.19. The highest BCUT2D eigenvalue weighted by molar-refractivity contribution is 5.99. The molecule has 4 nitrogen and oxygen atoms in total. The van der Waals surface area contributed by atoms with E-state index in [-0.39, 0.29) is 23.8 Å². The number of nitrogens with one attached hydrogen (secondary N) is 1. The molecule has 2 amide bonds. The summed E-state index contributed by atoms with van der Waals surface area (Å²) in [5, 5.41) is 2.79. The third-order valence-electron chi connectivity index (χ3n) is 3.19. The summed E-state index contributed by atoms with van der Waals surface area (Å²) in [6, 6.07) is -0.386. The van der Waals surface area contributed by atoms with Crippen molar-refractivity contribution in [2.24, 2.45) is 5.92 Å². The number of hydrogen-bond donors (Lipinski definition) is 1. The fourth-order valence-corrected chi connectivity index (χ4v) is 2.32. The van der Waals surface area contributed by atoms with Crippen molar-refractivity contribution in [2.75, 3.05) is 6.54 Å². The molecule has 0 aromatic rings. The predicted molar refractivity (Wildman–Crippen MR) is 70.6 cm³/mol. The van der Waals surface area contributed by atoms with Crippen LogP contribution in [0.1, 0.15) is 40.5 Å². The highest BCUT2D eigenvalue weighted by atomic mass is 16.2. The van der Waals surface area contributed by atoms with Crippen LogP contribution in [-0.4, -0.2) is 34.8 Å². The van der Waals surface area contributed by atoms with E-state index in [0.29, 0.717) is 13.0 Å². The average Bonchev–Trinajstić information content (AvgIpc) is 2.24. The van der Waals surface area contributed by atoms with Crippen molar-refractivity contribution >= 4 is 11.8 Å². The van der Waals surface area contributed by atoms with Crippen molar-refractivity contribution in [3.8, 4) is 12.3 Å². The number of piperazine rings is 1. The summed E-state index contributed by atoms with van der Waals surface area (Å²) in [4.78, 5) is 26.1. The van der Waals surface area contributed by atoms with Gasteiger partial charge in [0.1, 0.15) is 11.6 Å². The number of nitrogens with zero attached hydrogens (tertiary/aromatic N) is 1. The van der Waals surface area contributed by atoms with Crippen LogP contribution >= 0.6 is 0 Å². The summed E-state index contributed by atoms with van der Waals surface area (Å²) in [6.45, 7) is 7.91. The fourth-order valence-electron chi connectivity index (χ4n) is 2.32. The van der Waals surface area contributed by atoms with Gasteiger partial charge in [-0.05, 0) is 26.2 Å². The van der Waals surface area contributed by atoms with Gasteiger partial charge in [0.15, 0.2) is 0 Å². The van der Waals surface area contributed by atoms with E-state index in [1.807, 2.05) is 13.8 Å². The lowest BCUT2D eigenvalue weighted by atomic mass is 9.91. The van der Waals surface area contributed by atoms with Crippen LogP contribution in [0, 0.1) is 18.3 Å². The number of hydrogen-bond acceptors (Lipinski definition) is 2. The molecule has 18 heavy (non-hydrogen) atoms. The summed E-state index contributed by atoms with van der Waals surface area (Å²) >= 11 is 0. The van der Waals surface area contributed by atoms with Crippen LogP contribution in [0.4, 0.5) is 0 Å². The first kappa shape index (κ1) is 14.6. The maximum Gasteiger partial charge on any atom is 0.248 e. The van der Waals surface area contributed by atoms with Gasteiger partial charge in [-0.2, -0.15) is 0 Å².